The molecule has 2 aromatic heterocycles. The van der Waals surface area contributed by atoms with Crippen molar-refractivity contribution in [1.82, 2.24) is 14.5 Å². The van der Waals surface area contributed by atoms with E-state index in [9.17, 15) is 13.6 Å². The molecule has 2 aromatic rings. The van der Waals surface area contributed by atoms with Gasteiger partial charge < -0.3 is 0 Å². The molecule has 8 heteroatoms. The maximum Gasteiger partial charge on any atom is 0.277 e. The molecule has 2 heterocycles. The van der Waals surface area contributed by atoms with Crippen molar-refractivity contribution in [3.8, 4) is 5.00 Å². The minimum atomic E-state index is -2.75. The molecule has 2 atom stereocenters. The zero-order chi connectivity index (χ0) is 16.9. The summed E-state index contributed by atoms with van der Waals surface area (Å²) in [5, 5.41) is 1.34. The van der Waals surface area contributed by atoms with E-state index in [1.54, 1.807) is 13.1 Å². The molecule has 4 nitrogen and oxygen atoms in total. The van der Waals surface area contributed by atoms with Crippen molar-refractivity contribution in [2.24, 2.45) is 5.92 Å². The predicted octanol–water partition coefficient (Wildman–Crippen LogP) is 4.11. The van der Waals surface area contributed by atoms with Crippen LogP contribution in [-0.4, -0.2) is 20.5 Å². The van der Waals surface area contributed by atoms with Crippen molar-refractivity contribution in [3.05, 3.63) is 38.1 Å². The number of thiazole rings is 1. The molecule has 0 bridgehead atoms. The first-order valence-electron chi connectivity index (χ1n) is 7.30. The summed E-state index contributed by atoms with van der Waals surface area (Å²) in [6.07, 6.45) is 1.53. The zero-order valence-electron chi connectivity index (χ0n) is 12.9. The molecule has 3 rings (SSSR count). The summed E-state index contributed by atoms with van der Waals surface area (Å²) in [4.78, 5) is 21.1. The van der Waals surface area contributed by atoms with Crippen LogP contribution in [0.25, 0.3) is 5.00 Å². The Hall–Kier alpha value is -1.34. The van der Waals surface area contributed by atoms with Gasteiger partial charge in [0.25, 0.3) is 11.5 Å². The van der Waals surface area contributed by atoms with E-state index in [0.29, 0.717) is 16.5 Å². The number of halogens is 3. The van der Waals surface area contributed by atoms with E-state index in [1.807, 2.05) is 6.92 Å². The lowest BCUT2D eigenvalue weighted by Crippen LogP contribution is -2.26. The van der Waals surface area contributed by atoms with Gasteiger partial charge in [-0.1, -0.05) is 18.5 Å². The Morgan fingerprint density at radius 2 is 2.13 bits per heavy atom. The van der Waals surface area contributed by atoms with Gasteiger partial charge in [0.05, 0.1) is 16.9 Å². The number of aryl methyl sites for hydroxylation is 2. The van der Waals surface area contributed by atoms with Crippen LogP contribution in [0.15, 0.2) is 11.0 Å². The number of alkyl halides is 2. The largest absolute Gasteiger partial charge is 0.277 e. The van der Waals surface area contributed by atoms with Crippen LogP contribution in [0.3, 0.4) is 0 Å². The van der Waals surface area contributed by atoms with Gasteiger partial charge in [-0.2, -0.15) is 0 Å². The summed E-state index contributed by atoms with van der Waals surface area (Å²) in [5.41, 5.74) is -0.0623. The first-order valence-corrected chi connectivity index (χ1v) is 8.50. The molecule has 124 valence electrons. The molecule has 0 aromatic carbocycles. The van der Waals surface area contributed by atoms with Crippen molar-refractivity contribution in [2.45, 2.75) is 45.5 Å². The summed E-state index contributed by atoms with van der Waals surface area (Å²) in [5.74, 6) is -3.61. The quantitative estimate of drug-likeness (QED) is 0.810. The summed E-state index contributed by atoms with van der Waals surface area (Å²) in [7, 11) is 0. The minimum Gasteiger partial charge on any atom is -0.267 e. The second kappa shape index (κ2) is 5.63. The van der Waals surface area contributed by atoms with Crippen molar-refractivity contribution in [3.63, 3.8) is 0 Å². The number of nitrogens with zero attached hydrogens (tertiary/aromatic N) is 3. The van der Waals surface area contributed by atoms with Crippen LogP contribution in [-0.2, 0) is 0 Å². The maximum absolute atomic E-state index is 13.9. The van der Waals surface area contributed by atoms with Gasteiger partial charge in [0.2, 0.25) is 0 Å². The molecule has 0 N–H and O–H groups in total. The van der Waals surface area contributed by atoms with E-state index in [0.717, 1.165) is 5.01 Å². The molecule has 0 amide bonds. The molecule has 0 radical (unpaired) electrons. The zero-order valence-corrected chi connectivity index (χ0v) is 14.5. The summed E-state index contributed by atoms with van der Waals surface area (Å²) in [6.45, 7) is 4.96. The molecular weight excluding hydrogens is 344 g/mol. The Morgan fingerprint density at radius 1 is 1.43 bits per heavy atom. The van der Waals surface area contributed by atoms with Gasteiger partial charge in [-0.05, 0) is 20.3 Å². The fraction of sp³-hybridized carbons (Fsp3) is 0.533. The van der Waals surface area contributed by atoms with Crippen LogP contribution in [0.4, 0.5) is 8.78 Å². The van der Waals surface area contributed by atoms with Gasteiger partial charge in [-0.3, -0.25) is 9.36 Å². The van der Waals surface area contributed by atoms with Gasteiger partial charge >= 0.3 is 0 Å². The van der Waals surface area contributed by atoms with Gasteiger partial charge in [0.15, 0.2) is 0 Å². The Kier molecular flexibility index (Phi) is 4.04. The highest BCUT2D eigenvalue weighted by atomic mass is 35.5. The van der Waals surface area contributed by atoms with E-state index >= 15 is 0 Å². The highest BCUT2D eigenvalue weighted by Gasteiger charge is 2.48. The SMILES string of the molecule is Cc1ncc(-n2c(C3CC(C)C(F)(F)C3)nc(C)c(Cl)c2=O)s1. The van der Waals surface area contributed by atoms with E-state index in [4.69, 9.17) is 11.6 Å². The Balaban J connectivity index is 2.19. The molecule has 0 aliphatic heterocycles. The molecule has 1 saturated carbocycles. The van der Waals surface area contributed by atoms with E-state index < -0.39 is 23.3 Å². The van der Waals surface area contributed by atoms with E-state index in [-0.39, 0.29) is 17.9 Å². The van der Waals surface area contributed by atoms with Crippen LogP contribution in [0.5, 0.6) is 0 Å². The van der Waals surface area contributed by atoms with Gasteiger partial charge in [-0.15, -0.1) is 11.3 Å². The van der Waals surface area contributed by atoms with E-state index in [2.05, 4.69) is 9.97 Å². The number of aromatic nitrogens is 3. The van der Waals surface area contributed by atoms with Crippen LogP contribution >= 0.6 is 22.9 Å². The van der Waals surface area contributed by atoms with Gasteiger partial charge in [0, 0.05) is 18.3 Å². The molecule has 2 unspecified atom stereocenters. The van der Waals surface area contributed by atoms with Crippen molar-refractivity contribution in [1.29, 1.82) is 0 Å². The molecule has 23 heavy (non-hydrogen) atoms. The normalized spacial score (nSPS) is 23.4. The number of hydrogen-bond acceptors (Lipinski definition) is 4. The van der Waals surface area contributed by atoms with Crippen molar-refractivity contribution >= 4 is 22.9 Å². The topological polar surface area (TPSA) is 47.8 Å². The smallest absolute Gasteiger partial charge is 0.267 e. The third-order valence-electron chi connectivity index (χ3n) is 4.29. The first-order chi connectivity index (χ1) is 10.7. The Bertz CT molecular complexity index is 818. The van der Waals surface area contributed by atoms with E-state index in [1.165, 1.54) is 22.8 Å². The fourth-order valence-corrected chi connectivity index (χ4v) is 3.89. The summed E-state index contributed by atoms with van der Waals surface area (Å²) >= 11 is 7.35. The Labute approximate surface area is 141 Å². The highest BCUT2D eigenvalue weighted by molar-refractivity contribution is 7.14. The summed E-state index contributed by atoms with van der Waals surface area (Å²) < 4.78 is 29.2. The highest BCUT2D eigenvalue weighted by Crippen LogP contribution is 2.48. The summed E-state index contributed by atoms with van der Waals surface area (Å²) in [6, 6.07) is 0. The van der Waals surface area contributed by atoms with Gasteiger partial charge in [0.1, 0.15) is 15.8 Å². The number of rotatable bonds is 2. The van der Waals surface area contributed by atoms with Crippen molar-refractivity contribution < 1.29 is 8.78 Å². The third-order valence-corrected chi connectivity index (χ3v) is 5.63. The van der Waals surface area contributed by atoms with Crippen LogP contribution in [0.1, 0.15) is 42.2 Å². The molecule has 0 spiro atoms. The fourth-order valence-electron chi connectivity index (χ4n) is 2.98. The molecule has 1 aliphatic rings. The number of hydrogen-bond donors (Lipinski definition) is 0. The van der Waals surface area contributed by atoms with Crippen LogP contribution in [0, 0.1) is 19.8 Å². The molecule has 0 saturated heterocycles. The lowest BCUT2D eigenvalue weighted by atomic mass is 10.0. The minimum absolute atomic E-state index is 0.0117. The third kappa shape index (κ3) is 2.80. The van der Waals surface area contributed by atoms with Crippen molar-refractivity contribution in [2.75, 3.05) is 0 Å². The van der Waals surface area contributed by atoms with Gasteiger partial charge in [-0.25, -0.2) is 18.7 Å². The lowest BCUT2D eigenvalue weighted by Gasteiger charge is -2.17. The van der Waals surface area contributed by atoms with Crippen LogP contribution in [0.2, 0.25) is 5.02 Å². The van der Waals surface area contributed by atoms with Crippen LogP contribution < -0.4 is 5.56 Å². The maximum atomic E-state index is 13.9. The standard InChI is InChI=1S/C15H16ClF2N3OS/c1-7-4-10(5-15(7,17)18)13-20-8(2)12(16)14(22)21(13)11-6-19-9(3)23-11/h6-7,10H,4-5H2,1-3H3. The Morgan fingerprint density at radius 3 is 2.65 bits per heavy atom. The first kappa shape index (κ1) is 16.5. The molecule has 1 aliphatic carbocycles. The monoisotopic (exact) mass is 359 g/mol. The predicted molar refractivity (Wildman–Crippen MR) is 86.1 cm³/mol. The second-order valence-corrected chi connectivity index (χ2v) is 7.62. The molecule has 1 fully saturated rings. The lowest BCUT2D eigenvalue weighted by molar-refractivity contribution is -0.0309. The molecular formula is C15H16ClF2N3OS. The average molecular weight is 360 g/mol. The average Bonchev–Trinajstić information content (AvgIpc) is 3.00. The second-order valence-electron chi connectivity index (χ2n) is 6.03.